The molecule has 0 aromatic heterocycles. The van der Waals surface area contributed by atoms with Gasteiger partial charge in [-0.1, -0.05) is 41.9 Å². The van der Waals surface area contributed by atoms with Gasteiger partial charge in [0.1, 0.15) is 0 Å². The summed E-state index contributed by atoms with van der Waals surface area (Å²) in [5.41, 5.74) is 7.27. The molecule has 0 radical (unpaired) electrons. The number of aliphatic hydroxyl groups excluding tert-OH is 1. The van der Waals surface area contributed by atoms with Crippen LogP contribution in [0.1, 0.15) is 22.0 Å². The van der Waals surface area contributed by atoms with Crippen molar-refractivity contribution in [1.29, 1.82) is 0 Å². The Balaban J connectivity index is 2.17. The lowest BCUT2D eigenvalue weighted by Crippen LogP contribution is -2.30. The average molecular weight is 291 g/mol. The topological polar surface area (TPSA) is 75.4 Å². The van der Waals surface area contributed by atoms with Crippen molar-refractivity contribution in [2.45, 2.75) is 6.04 Å². The summed E-state index contributed by atoms with van der Waals surface area (Å²) in [5, 5.41) is 12.6. The van der Waals surface area contributed by atoms with Crippen LogP contribution in [0.4, 0.5) is 5.69 Å². The molecule has 1 atom stereocenters. The lowest BCUT2D eigenvalue weighted by molar-refractivity contribution is 0.0916. The molecule has 20 heavy (non-hydrogen) atoms. The number of nitrogens with two attached hydrogens (primary N) is 1. The Kier molecular flexibility index (Phi) is 4.61. The van der Waals surface area contributed by atoms with E-state index in [1.165, 1.54) is 6.07 Å². The fraction of sp³-hybridized carbons (Fsp3) is 0.133. The summed E-state index contributed by atoms with van der Waals surface area (Å²) < 4.78 is 0. The number of nitrogens with one attached hydrogen (secondary N) is 1. The molecule has 0 aliphatic rings. The third-order valence-electron chi connectivity index (χ3n) is 2.87. The quantitative estimate of drug-likeness (QED) is 0.757. The van der Waals surface area contributed by atoms with E-state index in [9.17, 15) is 9.90 Å². The number of hydrogen-bond donors (Lipinski definition) is 3. The lowest BCUT2D eigenvalue weighted by atomic mass is 10.1. The third-order valence-corrected chi connectivity index (χ3v) is 3.09. The first-order valence-electron chi connectivity index (χ1n) is 6.13. The number of rotatable bonds is 4. The summed E-state index contributed by atoms with van der Waals surface area (Å²) in [6.07, 6.45) is 0. The highest BCUT2D eigenvalue weighted by Crippen LogP contribution is 2.18. The van der Waals surface area contributed by atoms with Crippen LogP contribution >= 0.6 is 11.6 Å². The zero-order chi connectivity index (χ0) is 14.5. The van der Waals surface area contributed by atoms with Crippen LogP contribution in [0.15, 0.2) is 48.5 Å². The van der Waals surface area contributed by atoms with Gasteiger partial charge < -0.3 is 16.2 Å². The van der Waals surface area contributed by atoms with Crippen molar-refractivity contribution in [2.75, 3.05) is 12.3 Å². The van der Waals surface area contributed by atoms with Gasteiger partial charge in [0.2, 0.25) is 0 Å². The molecule has 1 amide bonds. The van der Waals surface area contributed by atoms with Crippen LogP contribution in [0.2, 0.25) is 5.02 Å². The molecule has 0 bridgehead atoms. The van der Waals surface area contributed by atoms with E-state index in [0.717, 1.165) is 5.56 Å². The average Bonchev–Trinajstić information content (AvgIpc) is 2.44. The number of nitrogen functional groups attached to an aromatic ring is 1. The van der Waals surface area contributed by atoms with Crippen molar-refractivity contribution in [3.63, 3.8) is 0 Å². The highest BCUT2D eigenvalue weighted by molar-refractivity contribution is 6.31. The van der Waals surface area contributed by atoms with Crippen LogP contribution in [-0.4, -0.2) is 17.6 Å². The Bertz CT molecular complexity index is 582. The highest BCUT2D eigenvalue weighted by Gasteiger charge is 2.15. The van der Waals surface area contributed by atoms with Crippen LogP contribution in [0.5, 0.6) is 0 Å². The second-order valence-corrected chi connectivity index (χ2v) is 4.83. The largest absolute Gasteiger partial charge is 0.399 e. The molecule has 0 fully saturated rings. The van der Waals surface area contributed by atoms with Gasteiger partial charge in [0.25, 0.3) is 5.91 Å². The molecule has 2 rings (SSSR count). The summed E-state index contributed by atoms with van der Waals surface area (Å²) in [7, 11) is 0. The Morgan fingerprint density at radius 1 is 1.25 bits per heavy atom. The molecule has 2 aromatic rings. The van der Waals surface area contributed by atoms with Gasteiger partial charge in [-0.15, -0.1) is 0 Å². The number of carbonyl (C=O) groups is 1. The van der Waals surface area contributed by atoms with Crippen LogP contribution in [-0.2, 0) is 0 Å². The number of amides is 1. The van der Waals surface area contributed by atoms with Gasteiger partial charge in [-0.25, -0.2) is 0 Å². The highest BCUT2D eigenvalue weighted by atomic mass is 35.5. The lowest BCUT2D eigenvalue weighted by Gasteiger charge is -2.17. The van der Waals surface area contributed by atoms with E-state index in [1.807, 2.05) is 30.3 Å². The van der Waals surface area contributed by atoms with E-state index in [0.29, 0.717) is 16.3 Å². The normalized spacial score (nSPS) is 11.9. The van der Waals surface area contributed by atoms with Gasteiger partial charge in [-0.3, -0.25) is 4.79 Å². The SMILES string of the molecule is Nc1cc(Cl)cc(C(=O)N[C@H](CO)c2ccccc2)c1. The van der Waals surface area contributed by atoms with Gasteiger partial charge in [-0.2, -0.15) is 0 Å². The van der Waals surface area contributed by atoms with E-state index in [1.54, 1.807) is 12.1 Å². The van der Waals surface area contributed by atoms with Gasteiger partial charge in [0.05, 0.1) is 12.6 Å². The molecule has 4 nitrogen and oxygen atoms in total. The molecule has 104 valence electrons. The Labute approximate surface area is 122 Å². The minimum absolute atomic E-state index is 0.189. The van der Waals surface area contributed by atoms with Crippen LogP contribution in [0.3, 0.4) is 0 Å². The molecule has 0 saturated carbocycles. The number of anilines is 1. The molecule has 0 spiro atoms. The molecule has 0 aliphatic heterocycles. The molecular formula is C15H15ClN2O2. The summed E-state index contributed by atoms with van der Waals surface area (Å²) in [6.45, 7) is -0.189. The fourth-order valence-electron chi connectivity index (χ4n) is 1.90. The number of carbonyl (C=O) groups excluding carboxylic acids is 1. The number of benzene rings is 2. The summed E-state index contributed by atoms with van der Waals surface area (Å²) in [5.74, 6) is -0.331. The Morgan fingerprint density at radius 2 is 1.95 bits per heavy atom. The van der Waals surface area contributed by atoms with Crippen molar-refractivity contribution in [1.82, 2.24) is 5.32 Å². The smallest absolute Gasteiger partial charge is 0.251 e. The zero-order valence-electron chi connectivity index (χ0n) is 10.7. The first-order valence-corrected chi connectivity index (χ1v) is 6.50. The van der Waals surface area contributed by atoms with Crippen molar-refractivity contribution in [3.05, 3.63) is 64.7 Å². The predicted molar refractivity (Wildman–Crippen MR) is 79.6 cm³/mol. The van der Waals surface area contributed by atoms with E-state index in [2.05, 4.69) is 5.32 Å². The molecule has 0 unspecified atom stereocenters. The van der Waals surface area contributed by atoms with Crippen molar-refractivity contribution >= 4 is 23.2 Å². The maximum Gasteiger partial charge on any atom is 0.251 e. The van der Waals surface area contributed by atoms with E-state index < -0.39 is 6.04 Å². The van der Waals surface area contributed by atoms with E-state index in [4.69, 9.17) is 17.3 Å². The number of hydrogen-bond acceptors (Lipinski definition) is 3. The molecule has 5 heteroatoms. The van der Waals surface area contributed by atoms with E-state index in [-0.39, 0.29) is 12.5 Å². The monoisotopic (exact) mass is 290 g/mol. The van der Waals surface area contributed by atoms with E-state index >= 15 is 0 Å². The third kappa shape index (κ3) is 3.50. The summed E-state index contributed by atoms with van der Waals surface area (Å²) in [4.78, 5) is 12.2. The number of aliphatic hydroxyl groups is 1. The molecule has 4 N–H and O–H groups in total. The van der Waals surface area contributed by atoms with Gasteiger partial charge in [0, 0.05) is 16.3 Å². The first-order chi connectivity index (χ1) is 9.60. The maximum atomic E-state index is 12.2. The summed E-state index contributed by atoms with van der Waals surface area (Å²) >= 11 is 5.87. The minimum atomic E-state index is -0.469. The number of halogens is 1. The second kappa shape index (κ2) is 6.41. The van der Waals surface area contributed by atoms with Crippen molar-refractivity contribution < 1.29 is 9.90 Å². The van der Waals surface area contributed by atoms with Gasteiger partial charge in [0.15, 0.2) is 0 Å². The minimum Gasteiger partial charge on any atom is -0.399 e. The molecule has 0 aliphatic carbocycles. The van der Waals surface area contributed by atoms with Crippen molar-refractivity contribution in [3.8, 4) is 0 Å². The molecule has 2 aromatic carbocycles. The standard InChI is InChI=1S/C15H15ClN2O2/c16-12-6-11(7-13(17)8-12)15(20)18-14(9-19)10-4-2-1-3-5-10/h1-8,14,19H,9,17H2,(H,18,20)/t14-/m1/s1. The zero-order valence-corrected chi connectivity index (χ0v) is 11.5. The Hall–Kier alpha value is -2.04. The van der Waals surface area contributed by atoms with Crippen molar-refractivity contribution in [2.24, 2.45) is 0 Å². The van der Waals surface area contributed by atoms with Crippen LogP contribution < -0.4 is 11.1 Å². The maximum absolute atomic E-state index is 12.2. The van der Waals surface area contributed by atoms with Crippen LogP contribution in [0, 0.1) is 0 Å². The van der Waals surface area contributed by atoms with Gasteiger partial charge in [-0.05, 0) is 23.8 Å². The molecular weight excluding hydrogens is 276 g/mol. The Morgan fingerprint density at radius 3 is 2.55 bits per heavy atom. The fourth-order valence-corrected chi connectivity index (χ4v) is 2.15. The molecule has 0 heterocycles. The second-order valence-electron chi connectivity index (χ2n) is 4.39. The molecule has 0 saturated heterocycles. The predicted octanol–water partition coefficient (Wildman–Crippen LogP) is 2.39. The first kappa shape index (κ1) is 14.4. The van der Waals surface area contributed by atoms with Crippen LogP contribution in [0.25, 0.3) is 0 Å². The van der Waals surface area contributed by atoms with Gasteiger partial charge >= 0.3 is 0 Å². The summed E-state index contributed by atoms with van der Waals surface area (Å²) in [6, 6.07) is 13.4.